The van der Waals surface area contributed by atoms with E-state index in [9.17, 15) is 4.79 Å². The normalized spacial score (nSPS) is 11.5. The van der Waals surface area contributed by atoms with E-state index in [1.807, 2.05) is 19.9 Å². The Bertz CT molecular complexity index is 363. The van der Waals surface area contributed by atoms with Gasteiger partial charge in [0.25, 0.3) is 0 Å². The fourth-order valence-corrected chi connectivity index (χ4v) is 2.17. The molecule has 1 aromatic heterocycles. The van der Waals surface area contributed by atoms with E-state index >= 15 is 0 Å². The SMILES string of the molecule is CCOC(=O)C/C(C)=C/c1ccc(C)s1. The van der Waals surface area contributed by atoms with Crippen molar-refractivity contribution >= 4 is 23.4 Å². The molecule has 2 nitrogen and oxygen atoms in total. The van der Waals surface area contributed by atoms with Gasteiger partial charge in [-0.1, -0.05) is 5.57 Å². The van der Waals surface area contributed by atoms with Crippen LogP contribution in [0.25, 0.3) is 6.08 Å². The summed E-state index contributed by atoms with van der Waals surface area (Å²) in [6.45, 7) is 6.29. The van der Waals surface area contributed by atoms with Gasteiger partial charge in [-0.25, -0.2) is 0 Å². The number of hydrogen-bond donors (Lipinski definition) is 0. The fourth-order valence-electron chi connectivity index (χ4n) is 1.26. The lowest BCUT2D eigenvalue weighted by Gasteiger charge is -2.01. The summed E-state index contributed by atoms with van der Waals surface area (Å²) in [5.41, 5.74) is 1.04. The van der Waals surface area contributed by atoms with E-state index in [-0.39, 0.29) is 5.97 Å². The number of hydrogen-bond acceptors (Lipinski definition) is 3. The topological polar surface area (TPSA) is 26.3 Å². The van der Waals surface area contributed by atoms with E-state index in [1.165, 1.54) is 9.75 Å². The van der Waals surface area contributed by atoms with Crippen LogP contribution in [-0.4, -0.2) is 12.6 Å². The Hall–Kier alpha value is -1.09. The molecule has 0 amide bonds. The van der Waals surface area contributed by atoms with Crippen molar-refractivity contribution in [3.63, 3.8) is 0 Å². The smallest absolute Gasteiger partial charge is 0.309 e. The molecule has 0 aliphatic rings. The maximum absolute atomic E-state index is 11.2. The van der Waals surface area contributed by atoms with E-state index in [1.54, 1.807) is 11.3 Å². The molecule has 0 spiro atoms. The molecule has 3 heteroatoms. The summed E-state index contributed by atoms with van der Waals surface area (Å²) in [6.07, 6.45) is 2.42. The number of carbonyl (C=O) groups is 1. The monoisotopic (exact) mass is 224 g/mol. The summed E-state index contributed by atoms with van der Waals surface area (Å²) in [4.78, 5) is 13.7. The van der Waals surface area contributed by atoms with Crippen molar-refractivity contribution in [1.29, 1.82) is 0 Å². The Kier molecular flexibility index (Phi) is 4.56. The molecule has 0 bridgehead atoms. The number of aryl methyl sites for hydroxylation is 1. The van der Waals surface area contributed by atoms with Crippen LogP contribution in [0.5, 0.6) is 0 Å². The van der Waals surface area contributed by atoms with Crippen molar-refractivity contribution in [2.45, 2.75) is 27.2 Å². The number of rotatable bonds is 4. The highest BCUT2D eigenvalue weighted by atomic mass is 32.1. The summed E-state index contributed by atoms with van der Waals surface area (Å²) in [5.74, 6) is -0.153. The zero-order valence-corrected chi connectivity index (χ0v) is 10.2. The van der Waals surface area contributed by atoms with Crippen molar-refractivity contribution < 1.29 is 9.53 Å². The summed E-state index contributed by atoms with van der Waals surface area (Å²) >= 11 is 1.73. The third kappa shape index (κ3) is 4.30. The molecule has 1 heterocycles. The largest absolute Gasteiger partial charge is 0.466 e. The molecule has 0 radical (unpaired) electrons. The fraction of sp³-hybridized carbons (Fsp3) is 0.417. The maximum atomic E-state index is 11.2. The summed E-state index contributed by atoms with van der Waals surface area (Å²) < 4.78 is 4.88. The highest BCUT2D eigenvalue weighted by molar-refractivity contribution is 7.12. The minimum atomic E-state index is -0.153. The molecular formula is C12H16O2S. The van der Waals surface area contributed by atoms with Gasteiger partial charge in [-0.15, -0.1) is 11.3 Å². The first-order chi connectivity index (χ1) is 7.11. The average molecular weight is 224 g/mol. The molecule has 0 unspecified atom stereocenters. The summed E-state index contributed by atoms with van der Waals surface area (Å²) in [7, 11) is 0. The number of esters is 1. The molecule has 0 fully saturated rings. The Morgan fingerprint density at radius 1 is 1.53 bits per heavy atom. The van der Waals surface area contributed by atoms with Crippen LogP contribution < -0.4 is 0 Å². The summed E-state index contributed by atoms with van der Waals surface area (Å²) in [5, 5.41) is 0. The predicted molar refractivity (Wildman–Crippen MR) is 64.0 cm³/mol. The van der Waals surface area contributed by atoms with Gasteiger partial charge in [0.2, 0.25) is 0 Å². The van der Waals surface area contributed by atoms with Crippen LogP contribution in [-0.2, 0) is 9.53 Å². The van der Waals surface area contributed by atoms with Gasteiger partial charge in [0, 0.05) is 9.75 Å². The highest BCUT2D eigenvalue weighted by Crippen LogP contribution is 2.19. The van der Waals surface area contributed by atoms with E-state index in [4.69, 9.17) is 4.74 Å². The second-order valence-corrected chi connectivity index (χ2v) is 4.74. The number of carbonyl (C=O) groups excluding carboxylic acids is 1. The van der Waals surface area contributed by atoms with E-state index in [2.05, 4.69) is 19.1 Å². The lowest BCUT2D eigenvalue weighted by molar-refractivity contribution is -0.142. The van der Waals surface area contributed by atoms with Gasteiger partial charge in [0.15, 0.2) is 0 Å². The molecule has 0 aliphatic heterocycles. The Morgan fingerprint density at radius 3 is 2.80 bits per heavy atom. The van der Waals surface area contributed by atoms with Crippen LogP contribution in [0.1, 0.15) is 30.0 Å². The second kappa shape index (κ2) is 5.71. The third-order valence-corrected chi connectivity index (χ3v) is 2.83. The van der Waals surface area contributed by atoms with Crippen LogP contribution in [0.4, 0.5) is 0 Å². The quantitative estimate of drug-likeness (QED) is 0.732. The molecule has 15 heavy (non-hydrogen) atoms. The second-order valence-electron chi connectivity index (χ2n) is 3.42. The molecule has 0 aliphatic carbocycles. The standard InChI is InChI=1S/C12H16O2S/c1-4-14-12(13)8-9(2)7-11-6-5-10(3)15-11/h5-7H,4,8H2,1-3H3/b9-7+. The number of ether oxygens (including phenoxy) is 1. The average Bonchev–Trinajstić information content (AvgIpc) is 2.51. The molecule has 0 atom stereocenters. The molecule has 0 N–H and O–H groups in total. The van der Waals surface area contributed by atoms with Crippen molar-refractivity contribution in [2.24, 2.45) is 0 Å². The van der Waals surface area contributed by atoms with E-state index < -0.39 is 0 Å². The van der Waals surface area contributed by atoms with Crippen molar-refractivity contribution in [2.75, 3.05) is 6.61 Å². The highest BCUT2D eigenvalue weighted by Gasteiger charge is 2.03. The molecule has 0 aromatic carbocycles. The van der Waals surface area contributed by atoms with Crippen LogP contribution in [0.3, 0.4) is 0 Å². The van der Waals surface area contributed by atoms with Crippen LogP contribution in [0.2, 0.25) is 0 Å². The Balaban J connectivity index is 2.56. The van der Waals surface area contributed by atoms with Gasteiger partial charge in [-0.3, -0.25) is 4.79 Å². The van der Waals surface area contributed by atoms with Crippen LogP contribution in [0.15, 0.2) is 17.7 Å². The van der Waals surface area contributed by atoms with Gasteiger partial charge in [0.1, 0.15) is 0 Å². The first kappa shape index (κ1) is 12.0. The van der Waals surface area contributed by atoms with Gasteiger partial charge in [-0.05, 0) is 39.0 Å². The van der Waals surface area contributed by atoms with Crippen molar-refractivity contribution in [3.05, 3.63) is 27.5 Å². The van der Waals surface area contributed by atoms with E-state index in [0.29, 0.717) is 13.0 Å². The van der Waals surface area contributed by atoms with Crippen LogP contribution in [0, 0.1) is 6.92 Å². The zero-order chi connectivity index (χ0) is 11.3. The first-order valence-corrected chi connectivity index (χ1v) is 5.82. The van der Waals surface area contributed by atoms with Gasteiger partial charge < -0.3 is 4.74 Å². The minimum Gasteiger partial charge on any atom is -0.466 e. The van der Waals surface area contributed by atoms with Crippen molar-refractivity contribution in [1.82, 2.24) is 0 Å². The van der Waals surface area contributed by atoms with Gasteiger partial charge in [-0.2, -0.15) is 0 Å². The summed E-state index contributed by atoms with van der Waals surface area (Å²) in [6, 6.07) is 4.14. The molecule has 1 rings (SSSR count). The Morgan fingerprint density at radius 2 is 2.27 bits per heavy atom. The van der Waals surface area contributed by atoms with Gasteiger partial charge in [0.05, 0.1) is 13.0 Å². The third-order valence-electron chi connectivity index (χ3n) is 1.88. The zero-order valence-electron chi connectivity index (χ0n) is 9.37. The first-order valence-electron chi connectivity index (χ1n) is 5.01. The van der Waals surface area contributed by atoms with Crippen LogP contribution >= 0.6 is 11.3 Å². The lowest BCUT2D eigenvalue weighted by atomic mass is 10.2. The minimum absolute atomic E-state index is 0.153. The molecule has 0 saturated heterocycles. The molecule has 82 valence electrons. The number of thiophene rings is 1. The molecule has 1 aromatic rings. The predicted octanol–water partition coefficient (Wildman–Crippen LogP) is 3.41. The van der Waals surface area contributed by atoms with Crippen molar-refractivity contribution in [3.8, 4) is 0 Å². The molecule has 0 saturated carbocycles. The molecular weight excluding hydrogens is 208 g/mol. The lowest BCUT2D eigenvalue weighted by Crippen LogP contribution is -2.03. The maximum Gasteiger partial charge on any atom is 0.309 e. The Labute approximate surface area is 94.6 Å². The van der Waals surface area contributed by atoms with Gasteiger partial charge >= 0.3 is 5.97 Å². The van der Waals surface area contributed by atoms with E-state index in [0.717, 1.165) is 5.57 Å².